The third-order valence-corrected chi connectivity index (χ3v) is 5.51. The molecule has 0 radical (unpaired) electrons. The lowest BCUT2D eigenvalue weighted by atomic mass is 9.83. The minimum Gasteiger partial charge on any atom is -0.348 e. The standard InChI is InChI=1S/C22H22N2O4/c1-4-5-12-22(27-2,28-3)21-16-11-10-15-17(18(16)23-24-21)20(26)14-9-7-6-8-13(14)19(15)25/h6-11H,4-5,12H2,1-3H3,(H,23,24). The molecule has 0 fully saturated rings. The number of benzene rings is 2. The molecule has 1 aliphatic carbocycles. The quantitative estimate of drug-likeness (QED) is 0.513. The van der Waals surface area contributed by atoms with E-state index in [1.807, 2.05) is 6.07 Å². The summed E-state index contributed by atoms with van der Waals surface area (Å²) in [7, 11) is 3.18. The van der Waals surface area contributed by atoms with Gasteiger partial charge in [-0.05, 0) is 18.6 Å². The normalized spacial score (nSPS) is 13.7. The minimum atomic E-state index is -0.987. The Balaban J connectivity index is 1.93. The van der Waals surface area contributed by atoms with Gasteiger partial charge < -0.3 is 9.47 Å². The van der Waals surface area contributed by atoms with Crippen molar-refractivity contribution in [3.05, 3.63) is 64.3 Å². The fourth-order valence-corrected chi connectivity index (χ4v) is 3.98. The van der Waals surface area contributed by atoms with Crippen molar-refractivity contribution in [2.24, 2.45) is 0 Å². The number of hydrogen-bond donors (Lipinski definition) is 1. The SMILES string of the molecule is CCCCC(OC)(OC)c1[nH]nc2c3c(ccc12)C(=O)c1ccccc1C3=O. The van der Waals surface area contributed by atoms with Crippen molar-refractivity contribution in [1.29, 1.82) is 0 Å². The number of hydrogen-bond acceptors (Lipinski definition) is 5. The summed E-state index contributed by atoms with van der Waals surface area (Å²) in [5.74, 6) is -1.34. The number of nitrogens with one attached hydrogen (secondary N) is 1. The van der Waals surface area contributed by atoms with Gasteiger partial charge in [0.1, 0.15) is 11.2 Å². The molecule has 0 bridgehead atoms. The molecule has 0 spiro atoms. The fourth-order valence-electron chi connectivity index (χ4n) is 3.98. The lowest BCUT2D eigenvalue weighted by Gasteiger charge is -2.30. The van der Waals surface area contributed by atoms with E-state index in [9.17, 15) is 9.59 Å². The van der Waals surface area contributed by atoms with Crippen LogP contribution in [0.15, 0.2) is 36.4 Å². The monoisotopic (exact) mass is 378 g/mol. The van der Waals surface area contributed by atoms with Crippen molar-refractivity contribution in [2.75, 3.05) is 14.2 Å². The Morgan fingerprint density at radius 3 is 2.29 bits per heavy atom. The molecule has 3 aromatic rings. The second-order valence-corrected chi connectivity index (χ2v) is 6.95. The molecule has 0 atom stereocenters. The molecule has 0 saturated heterocycles. The van der Waals surface area contributed by atoms with Gasteiger partial charge in [-0.2, -0.15) is 5.10 Å². The van der Waals surface area contributed by atoms with Crippen molar-refractivity contribution in [1.82, 2.24) is 10.2 Å². The number of nitrogens with zero attached hydrogens (tertiary/aromatic N) is 1. The highest BCUT2D eigenvalue weighted by atomic mass is 16.7. The smallest absolute Gasteiger partial charge is 0.211 e. The van der Waals surface area contributed by atoms with E-state index in [0.29, 0.717) is 39.9 Å². The maximum absolute atomic E-state index is 13.2. The maximum atomic E-state index is 13.2. The number of aromatic amines is 1. The van der Waals surface area contributed by atoms with Gasteiger partial charge in [-0.15, -0.1) is 0 Å². The van der Waals surface area contributed by atoms with Gasteiger partial charge in [0.2, 0.25) is 5.79 Å². The molecule has 6 nitrogen and oxygen atoms in total. The summed E-state index contributed by atoms with van der Waals surface area (Å²) in [6.07, 6.45) is 2.53. The van der Waals surface area contributed by atoms with Gasteiger partial charge in [0.25, 0.3) is 0 Å². The number of methoxy groups -OCH3 is 2. The Morgan fingerprint density at radius 1 is 0.964 bits per heavy atom. The Bertz CT molecular complexity index is 1080. The summed E-state index contributed by atoms with van der Waals surface area (Å²) in [4.78, 5) is 26.1. The fraction of sp³-hybridized carbons (Fsp3) is 0.318. The highest BCUT2D eigenvalue weighted by molar-refractivity contribution is 6.31. The van der Waals surface area contributed by atoms with Crippen LogP contribution < -0.4 is 0 Å². The van der Waals surface area contributed by atoms with E-state index >= 15 is 0 Å². The molecule has 6 heteroatoms. The molecular formula is C22H22N2O4. The molecule has 4 rings (SSSR count). The number of fused-ring (bicyclic) bond motifs is 4. The number of carbonyl (C=O) groups is 2. The zero-order valence-corrected chi connectivity index (χ0v) is 16.2. The predicted octanol–water partition coefficient (Wildman–Crippen LogP) is 3.97. The lowest BCUT2D eigenvalue weighted by Crippen LogP contribution is -2.31. The molecule has 1 heterocycles. The van der Waals surface area contributed by atoms with Gasteiger partial charge in [0.05, 0.1) is 5.56 Å². The van der Waals surface area contributed by atoms with Crippen LogP contribution >= 0.6 is 0 Å². The zero-order valence-electron chi connectivity index (χ0n) is 16.2. The zero-order chi connectivity index (χ0) is 19.9. The number of aromatic nitrogens is 2. The first kappa shape index (κ1) is 18.5. The first-order valence-electron chi connectivity index (χ1n) is 9.38. The summed E-state index contributed by atoms with van der Waals surface area (Å²) in [6, 6.07) is 10.4. The van der Waals surface area contributed by atoms with Gasteiger partial charge in [-0.3, -0.25) is 14.7 Å². The van der Waals surface area contributed by atoms with E-state index in [0.717, 1.165) is 18.2 Å². The van der Waals surface area contributed by atoms with Crippen molar-refractivity contribution in [3.8, 4) is 0 Å². The largest absolute Gasteiger partial charge is 0.348 e. The van der Waals surface area contributed by atoms with Crippen LogP contribution in [0.2, 0.25) is 0 Å². The Morgan fingerprint density at radius 2 is 1.64 bits per heavy atom. The summed E-state index contributed by atoms with van der Waals surface area (Å²) < 4.78 is 11.5. The Kier molecular flexibility index (Phi) is 4.61. The Hall–Kier alpha value is -2.83. The summed E-state index contributed by atoms with van der Waals surface area (Å²) in [5.41, 5.74) is 2.68. The molecule has 0 amide bonds. The first-order chi connectivity index (χ1) is 13.6. The van der Waals surface area contributed by atoms with Crippen molar-refractivity contribution in [3.63, 3.8) is 0 Å². The second kappa shape index (κ2) is 6.96. The van der Waals surface area contributed by atoms with Crippen LogP contribution in [0, 0.1) is 0 Å². The molecule has 0 aliphatic heterocycles. The van der Waals surface area contributed by atoms with E-state index in [4.69, 9.17) is 9.47 Å². The lowest BCUT2D eigenvalue weighted by molar-refractivity contribution is -0.222. The molecule has 1 N–H and O–H groups in total. The van der Waals surface area contributed by atoms with Crippen LogP contribution in [0.25, 0.3) is 10.9 Å². The van der Waals surface area contributed by atoms with Crippen molar-refractivity contribution in [2.45, 2.75) is 32.0 Å². The van der Waals surface area contributed by atoms with Gasteiger partial charge in [-0.1, -0.05) is 37.6 Å². The van der Waals surface area contributed by atoms with Crippen LogP contribution in [0.5, 0.6) is 0 Å². The molecule has 2 aromatic carbocycles. The van der Waals surface area contributed by atoms with E-state index in [-0.39, 0.29) is 11.6 Å². The number of ketones is 2. The van der Waals surface area contributed by atoms with Gasteiger partial charge in [0.15, 0.2) is 11.6 Å². The maximum Gasteiger partial charge on any atom is 0.211 e. The number of carbonyl (C=O) groups excluding carboxylic acids is 2. The number of H-pyrrole nitrogens is 1. The van der Waals surface area contributed by atoms with Crippen LogP contribution in [-0.2, 0) is 15.3 Å². The average Bonchev–Trinajstić information content (AvgIpc) is 3.17. The first-order valence-corrected chi connectivity index (χ1v) is 9.38. The van der Waals surface area contributed by atoms with Gasteiger partial charge in [0, 0.05) is 42.7 Å². The molecule has 144 valence electrons. The molecule has 0 saturated carbocycles. The molecule has 1 aliphatic rings. The predicted molar refractivity (Wildman–Crippen MR) is 105 cm³/mol. The van der Waals surface area contributed by atoms with Crippen molar-refractivity contribution < 1.29 is 19.1 Å². The van der Waals surface area contributed by atoms with Crippen molar-refractivity contribution >= 4 is 22.5 Å². The van der Waals surface area contributed by atoms with E-state index in [2.05, 4.69) is 17.1 Å². The summed E-state index contributed by atoms with van der Waals surface area (Å²) >= 11 is 0. The van der Waals surface area contributed by atoms with E-state index < -0.39 is 5.79 Å². The van der Waals surface area contributed by atoms with Crippen LogP contribution in [0.4, 0.5) is 0 Å². The second-order valence-electron chi connectivity index (χ2n) is 6.95. The van der Waals surface area contributed by atoms with E-state index in [1.165, 1.54) is 0 Å². The molecule has 1 aromatic heterocycles. The third-order valence-electron chi connectivity index (χ3n) is 5.51. The van der Waals surface area contributed by atoms with Crippen LogP contribution in [0.1, 0.15) is 63.7 Å². The molecule has 0 unspecified atom stereocenters. The topological polar surface area (TPSA) is 81.3 Å². The molecule has 28 heavy (non-hydrogen) atoms. The molecular weight excluding hydrogens is 356 g/mol. The Labute approximate surface area is 162 Å². The van der Waals surface area contributed by atoms with Gasteiger partial charge in [-0.25, -0.2) is 0 Å². The van der Waals surface area contributed by atoms with E-state index in [1.54, 1.807) is 44.6 Å². The highest BCUT2D eigenvalue weighted by Gasteiger charge is 2.38. The minimum absolute atomic E-state index is 0.160. The number of rotatable bonds is 6. The van der Waals surface area contributed by atoms with Crippen LogP contribution in [-0.4, -0.2) is 36.0 Å². The van der Waals surface area contributed by atoms with Gasteiger partial charge >= 0.3 is 0 Å². The van der Waals surface area contributed by atoms with Crippen LogP contribution in [0.3, 0.4) is 0 Å². The highest BCUT2D eigenvalue weighted by Crippen LogP contribution is 2.38. The number of ether oxygens (including phenoxy) is 2. The average molecular weight is 378 g/mol. The number of unbranched alkanes of at least 4 members (excludes halogenated alkanes) is 1. The summed E-state index contributed by atoms with van der Waals surface area (Å²) in [5, 5.41) is 8.13. The summed E-state index contributed by atoms with van der Waals surface area (Å²) in [6.45, 7) is 2.10. The third kappa shape index (κ3) is 2.52.